The van der Waals surface area contributed by atoms with Gasteiger partial charge in [0.2, 0.25) is 0 Å². The average Bonchev–Trinajstić information content (AvgIpc) is 2.50. The summed E-state index contributed by atoms with van der Waals surface area (Å²) in [5.74, 6) is 0.946. The van der Waals surface area contributed by atoms with E-state index in [0.29, 0.717) is 22.6 Å². The first-order chi connectivity index (χ1) is 10.2. The first-order valence-corrected chi connectivity index (χ1v) is 7.50. The molecule has 1 heterocycles. The molecule has 0 bridgehead atoms. The highest BCUT2D eigenvalue weighted by molar-refractivity contribution is 9.10. The van der Waals surface area contributed by atoms with Crippen molar-refractivity contribution in [2.45, 2.75) is 19.8 Å². The molecular weight excluding hydrogens is 334 g/mol. The second-order valence-electron chi connectivity index (χ2n) is 4.40. The van der Waals surface area contributed by atoms with Crippen molar-refractivity contribution >= 4 is 27.7 Å². The number of halogens is 1. The molecule has 0 saturated heterocycles. The highest BCUT2D eigenvalue weighted by Gasteiger charge is 2.07. The molecule has 0 aliphatic heterocycles. The summed E-state index contributed by atoms with van der Waals surface area (Å²) < 4.78 is 6.17. The van der Waals surface area contributed by atoms with Crippen LogP contribution < -0.4 is 10.1 Å². The summed E-state index contributed by atoms with van der Waals surface area (Å²) in [5.41, 5.74) is 0.544. The predicted molar refractivity (Wildman–Crippen MR) is 84.5 cm³/mol. The molecule has 1 amide bonds. The van der Waals surface area contributed by atoms with E-state index in [1.165, 1.54) is 12.4 Å². The fraction of sp³-hybridized carbons (Fsp3) is 0.267. The van der Waals surface area contributed by atoms with Gasteiger partial charge in [-0.05, 0) is 46.6 Å². The van der Waals surface area contributed by atoms with E-state index in [9.17, 15) is 4.79 Å². The molecule has 0 radical (unpaired) electrons. The van der Waals surface area contributed by atoms with Gasteiger partial charge in [0.05, 0.1) is 19.0 Å². The van der Waals surface area contributed by atoms with Crippen LogP contribution in [0.4, 0.5) is 5.82 Å². The Balaban J connectivity index is 1.94. The van der Waals surface area contributed by atoms with Gasteiger partial charge in [0.15, 0.2) is 5.82 Å². The van der Waals surface area contributed by atoms with Crippen molar-refractivity contribution in [3.63, 3.8) is 0 Å². The summed E-state index contributed by atoms with van der Waals surface area (Å²) in [5, 5.41) is 2.68. The number of benzene rings is 1. The van der Waals surface area contributed by atoms with Crippen LogP contribution in [0.15, 0.2) is 41.3 Å². The standard InChI is InChI=1S/C15H16BrN3O2/c1-2-3-8-21-12-6-4-11(5-7-12)15(20)19-14-10-17-13(16)9-18-14/h4-7,9-10H,2-3,8H2,1H3,(H,18,19,20). The SMILES string of the molecule is CCCCOc1ccc(C(=O)Nc2cnc(Br)cn2)cc1. The van der Waals surface area contributed by atoms with Gasteiger partial charge < -0.3 is 10.1 Å². The van der Waals surface area contributed by atoms with E-state index in [4.69, 9.17) is 4.74 Å². The molecule has 2 rings (SSSR count). The normalized spacial score (nSPS) is 10.2. The van der Waals surface area contributed by atoms with Gasteiger partial charge in [-0.2, -0.15) is 0 Å². The highest BCUT2D eigenvalue weighted by Crippen LogP contribution is 2.14. The second kappa shape index (κ2) is 7.73. The van der Waals surface area contributed by atoms with Crippen LogP contribution in [0.2, 0.25) is 0 Å². The van der Waals surface area contributed by atoms with Crippen LogP contribution in [0, 0.1) is 0 Å². The molecule has 110 valence electrons. The Hall–Kier alpha value is -1.95. The van der Waals surface area contributed by atoms with E-state index in [-0.39, 0.29) is 5.91 Å². The van der Waals surface area contributed by atoms with E-state index < -0.39 is 0 Å². The highest BCUT2D eigenvalue weighted by atomic mass is 79.9. The topological polar surface area (TPSA) is 64.1 Å². The maximum absolute atomic E-state index is 12.0. The largest absolute Gasteiger partial charge is 0.494 e. The first-order valence-electron chi connectivity index (χ1n) is 6.71. The lowest BCUT2D eigenvalue weighted by molar-refractivity contribution is 0.102. The third-order valence-corrected chi connectivity index (χ3v) is 3.15. The minimum absolute atomic E-state index is 0.230. The molecule has 1 aromatic carbocycles. The first kappa shape index (κ1) is 15.4. The number of hydrogen-bond donors (Lipinski definition) is 1. The van der Waals surface area contributed by atoms with Gasteiger partial charge in [0.25, 0.3) is 5.91 Å². The fourth-order valence-corrected chi connectivity index (χ4v) is 1.81. The minimum atomic E-state index is -0.230. The Kier molecular flexibility index (Phi) is 5.68. The van der Waals surface area contributed by atoms with Gasteiger partial charge >= 0.3 is 0 Å². The predicted octanol–water partition coefficient (Wildman–Crippen LogP) is 3.67. The number of carbonyl (C=O) groups is 1. The molecule has 0 fully saturated rings. The summed E-state index contributed by atoms with van der Waals surface area (Å²) in [6, 6.07) is 7.03. The van der Waals surface area contributed by atoms with Gasteiger partial charge in [-0.1, -0.05) is 13.3 Å². The summed E-state index contributed by atoms with van der Waals surface area (Å²) in [4.78, 5) is 20.1. The van der Waals surface area contributed by atoms with Crippen molar-refractivity contribution in [3.05, 3.63) is 46.8 Å². The number of ether oxygens (including phenoxy) is 1. The van der Waals surface area contributed by atoms with Gasteiger partial charge in [-0.25, -0.2) is 9.97 Å². The van der Waals surface area contributed by atoms with E-state index in [0.717, 1.165) is 18.6 Å². The second-order valence-corrected chi connectivity index (χ2v) is 5.22. The van der Waals surface area contributed by atoms with Gasteiger partial charge in [0.1, 0.15) is 10.4 Å². The Bertz CT molecular complexity index is 585. The molecule has 2 aromatic rings. The van der Waals surface area contributed by atoms with E-state index in [1.807, 2.05) is 0 Å². The van der Waals surface area contributed by atoms with Crippen molar-refractivity contribution in [1.29, 1.82) is 0 Å². The van der Waals surface area contributed by atoms with Gasteiger partial charge in [-0.15, -0.1) is 0 Å². The van der Waals surface area contributed by atoms with Crippen LogP contribution in [0.1, 0.15) is 30.1 Å². The summed E-state index contributed by atoms with van der Waals surface area (Å²) in [6.07, 6.45) is 5.13. The van der Waals surface area contributed by atoms with Crippen molar-refractivity contribution in [3.8, 4) is 5.75 Å². The quantitative estimate of drug-likeness (QED) is 0.808. The molecule has 0 saturated carbocycles. The number of nitrogens with zero attached hydrogens (tertiary/aromatic N) is 2. The molecule has 0 atom stereocenters. The zero-order valence-corrected chi connectivity index (χ0v) is 13.3. The lowest BCUT2D eigenvalue weighted by Gasteiger charge is -2.07. The van der Waals surface area contributed by atoms with E-state index in [2.05, 4.69) is 38.1 Å². The van der Waals surface area contributed by atoms with E-state index in [1.54, 1.807) is 24.3 Å². The number of amides is 1. The number of nitrogens with one attached hydrogen (secondary N) is 1. The average molecular weight is 350 g/mol. The maximum atomic E-state index is 12.0. The van der Waals surface area contributed by atoms with Gasteiger partial charge in [-0.3, -0.25) is 4.79 Å². The Morgan fingerprint density at radius 3 is 2.62 bits per heavy atom. The maximum Gasteiger partial charge on any atom is 0.256 e. The molecule has 1 N–H and O–H groups in total. The van der Waals surface area contributed by atoms with E-state index >= 15 is 0 Å². The molecule has 0 spiro atoms. The van der Waals surface area contributed by atoms with Crippen LogP contribution in [-0.2, 0) is 0 Å². The molecule has 6 heteroatoms. The fourth-order valence-electron chi connectivity index (χ4n) is 1.60. The number of rotatable bonds is 6. The molecule has 5 nitrogen and oxygen atoms in total. The minimum Gasteiger partial charge on any atom is -0.494 e. The number of anilines is 1. The third kappa shape index (κ3) is 4.82. The summed E-state index contributed by atoms with van der Waals surface area (Å²) >= 11 is 3.19. The monoisotopic (exact) mass is 349 g/mol. The lowest BCUT2D eigenvalue weighted by Crippen LogP contribution is -2.13. The third-order valence-electron chi connectivity index (χ3n) is 2.75. The molecule has 0 aliphatic carbocycles. The van der Waals surface area contributed by atoms with Crippen molar-refractivity contribution in [2.75, 3.05) is 11.9 Å². The smallest absolute Gasteiger partial charge is 0.256 e. The van der Waals surface area contributed by atoms with Crippen LogP contribution in [-0.4, -0.2) is 22.5 Å². The van der Waals surface area contributed by atoms with Gasteiger partial charge in [0, 0.05) is 5.56 Å². The molecule has 0 unspecified atom stereocenters. The molecule has 1 aromatic heterocycles. The van der Waals surface area contributed by atoms with Crippen molar-refractivity contribution in [2.24, 2.45) is 0 Å². The zero-order valence-electron chi connectivity index (χ0n) is 11.7. The zero-order chi connectivity index (χ0) is 15.1. The van der Waals surface area contributed by atoms with Crippen LogP contribution >= 0.6 is 15.9 Å². The number of aromatic nitrogens is 2. The van der Waals surface area contributed by atoms with Crippen molar-refractivity contribution < 1.29 is 9.53 Å². The Labute approximate surface area is 131 Å². The summed E-state index contributed by atoms with van der Waals surface area (Å²) in [6.45, 7) is 2.80. The number of hydrogen-bond acceptors (Lipinski definition) is 4. The number of unbranched alkanes of at least 4 members (excludes halogenated alkanes) is 1. The van der Waals surface area contributed by atoms with Crippen LogP contribution in [0.5, 0.6) is 5.75 Å². The molecule has 21 heavy (non-hydrogen) atoms. The number of carbonyl (C=O) groups excluding carboxylic acids is 1. The van der Waals surface area contributed by atoms with Crippen molar-refractivity contribution in [1.82, 2.24) is 9.97 Å². The lowest BCUT2D eigenvalue weighted by atomic mass is 10.2. The van der Waals surface area contributed by atoms with Crippen LogP contribution in [0.25, 0.3) is 0 Å². The Morgan fingerprint density at radius 1 is 1.24 bits per heavy atom. The Morgan fingerprint density at radius 2 is 2.00 bits per heavy atom. The molecular formula is C15H16BrN3O2. The summed E-state index contributed by atoms with van der Waals surface area (Å²) in [7, 11) is 0. The van der Waals surface area contributed by atoms with Crippen LogP contribution in [0.3, 0.4) is 0 Å². The molecule has 0 aliphatic rings.